The van der Waals surface area contributed by atoms with Crippen LogP contribution in [0.4, 0.5) is 0 Å². The number of carbonyl (C=O) groups excluding carboxylic acids is 3. The number of carbonyl (C=O) groups is 3. The lowest BCUT2D eigenvalue weighted by molar-refractivity contribution is -0.158. The monoisotopic (exact) mass is 309 g/mol. The first-order chi connectivity index (χ1) is 9.22. The van der Waals surface area contributed by atoms with E-state index in [1.165, 1.54) is 0 Å². The SMILES string of the molecule is CCC(C)C(CC(=O)ONC(=O)CCC=O)S(=O)(=O)O. The van der Waals surface area contributed by atoms with E-state index in [-0.39, 0.29) is 12.8 Å². The van der Waals surface area contributed by atoms with E-state index in [2.05, 4.69) is 4.84 Å². The standard InChI is InChI=1S/C11H19NO7S/c1-3-8(2)9(20(16,17)18)7-11(15)19-12-10(14)5-4-6-13/h6,8-9H,3-5,7H2,1-2H3,(H,12,14)(H,16,17,18). The van der Waals surface area contributed by atoms with Crippen molar-refractivity contribution in [3.8, 4) is 0 Å². The minimum Gasteiger partial charge on any atom is -0.341 e. The molecule has 1 amide bonds. The molecule has 0 aliphatic heterocycles. The summed E-state index contributed by atoms with van der Waals surface area (Å²) < 4.78 is 31.4. The molecule has 8 nitrogen and oxygen atoms in total. The highest BCUT2D eigenvalue weighted by Gasteiger charge is 2.31. The number of nitrogens with one attached hydrogen (secondary N) is 1. The van der Waals surface area contributed by atoms with E-state index >= 15 is 0 Å². The summed E-state index contributed by atoms with van der Waals surface area (Å²) in [5.74, 6) is -2.09. The second kappa shape index (κ2) is 8.64. The van der Waals surface area contributed by atoms with Crippen molar-refractivity contribution in [3.63, 3.8) is 0 Å². The van der Waals surface area contributed by atoms with Crippen LogP contribution in [0.15, 0.2) is 0 Å². The minimum atomic E-state index is -4.38. The fourth-order valence-corrected chi connectivity index (χ4v) is 2.55. The first-order valence-electron chi connectivity index (χ1n) is 6.10. The molecule has 2 N–H and O–H groups in total. The maximum atomic E-state index is 11.4. The van der Waals surface area contributed by atoms with Crippen LogP contribution in [0, 0.1) is 5.92 Å². The van der Waals surface area contributed by atoms with E-state index in [1.54, 1.807) is 13.8 Å². The normalized spacial score (nSPS) is 14.2. The lowest BCUT2D eigenvalue weighted by atomic mass is 10.0. The summed E-state index contributed by atoms with van der Waals surface area (Å²) in [4.78, 5) is 36.9. The lowest BCUT2D eigenvalue weighted by Gasteiger charge is -2.18. The molecule has 0 rings (SSSR count). The largest absolute Gasteiger partial charge is 0.341 e. The molecule has 0 aromatic rings. The molecule has 0 spiro atoms. The highest BCUT2D eigenvalue weighted by Crippen LogP contribution is 2.19. The zero-order valence-corrected chi connectivity index (χ0v) is 12.2. The Kier molecular flexibility index (Phi) is 8.00. The Morgan fingerprint density at radius 1 is 1.40 bits per heavy atom. The van der Waals surface area contributed by atoms with Crippen LogP contribution in [0.3, 0.4) is 0 Å². The molecular weight excluding hydrogens is 290 g/mol. The quantitative estimate of drug-likeness (QED) is 0.373. The summed E-state index contributed by atoms with van der Waals surface area (Å²) in [6.07, 6.45) is 0.275. The second-order valence-electron chi connectivity index (χ2n) is 4.35. The molecule has 0 saturated heterocycles. The van der Waals surface area contributed by atoms with Crippen LogP contribution in [0.25, 0.3) is 0 Å². The number of aldehydes is 1. The first kappa shape index (κ1) is 18.5. The van der Waals surface area contributed by atoms with Gasteiger partial charge in [-0.15, -0.1) is 0 Å². The predicted octanol–water partition coefficient (Wildman–Crippen LogP) is 0.233. The van der Waals surface area contributed by atoms with Gasteiger partial charge in [-0.1, -0.05) is 20.3 Å². The first-order valence-corrected chi connectivity index (χ1v) is 7.61. The van der Waals surface area contributed by atoms with Gasteiger partial charge in [0.15, 0.2) is 0 Å². The molecule has 0 aromatic carbocycles. The fourth-order valence-electron chi connectivity index (χ4n) is 1.42. The predicted molar refractivity (Wildman–Crippen MR) is 68.9 cm³/mol. The zero-order valence-electron chi connectivity index (χ0n) is 11.4. The molecule has 0 bridgehead atoms. The van der Waals surface area contributed by atoms with Gasteiger partial charge in [-0.25, -0.2) is 4.79 Å². The summed E-state index contributed by atoms with van der Waals surface area (Å²) in [5.41, 5.74) is 1.81. The van der Waals surface area contributed by atoms with Crippen molar-refractivity contribution < 1.29 is 32.2 Å². The van der Waals surface area contributed by atoms with Crippen LogP contribution in [-0.4, -0.2) is 36.4 Å². The van der Waals surface area contributed by atoms with Crippen LogP contribution in [0.1, 0.15) is 39.5 Å². The zero-order chi connectivity index (χ0) is 15.8. The molecule has 0 aliphatic carbocycles. The summed E-state index contributed by atoms with van der Waals surface area (Å²) in [6, 6.07) is 0. The Hall–Kier alpha value is -1.48. The van der Waals surface area contributed by atoms with Gasteiger partial charge in [-0.3, -0.25) is 9.35 Å². The van der Waals surface area contributed by atoms with Gasteiger partial charge >= 0.3 is 5.97 Å². The molecule has 2 atom stereocenters. The van der Waals surface area contributed by atoms with Gasteiger partial charge in [0.2, 0.25) is 0 Å². The summed E-state index contributed by atoms with van der Waals surface area (Å²) in [6.45, 7) is 3.30. The summed E-state index contributed by atoms with van der Waals surface area (Å²) in [7, 11) is -4.38. The third-order valence-electron chi connectivity index (χ3n) is 2.80. The number of hydroxylamine groups is 1. The van der Waals surface area contributed by atoms with Gasteiger partial charge < -0.3 is 9.63 Å². The Bertz CT molecular complexity index is 446. The maximum absolute atomic E-state index is 11.4. The molecule has 0 fully saturated rings. The van der Waals surface area contributed by atoms with Crippen molar-refractivity contribution in [2.45, 2.75) is 44.8 Å². The van der Waals surface area contributed by atoms with Crippen LogP contribution in [0.2, 0.25) is 0 Å². The van der Waals surface area contributed by atoms with E-state index in [4.69, 9.17) is 4.55 Å². The van der Waals surface area contributed by atoms with E-state index in [0.29, 0.717) is 12.7 Å². The molecule has 2 unspecified atom stereocenters. The molecule has 0 aromatic heterocycles. The molecule has 0 aliphatic rings. The third kappa shape index (κ3) is 7.19. The van der Waals surface area contributed by atoms with Crippen LogP contribution >= 0.6 is 0 Å². The Morgan fingerprint density at radius 2 is 2.00 bits per heavy atom. The van der Waals surface area contributed by atoms with Crippen molar-refractivity contribution in [1.29, 1.82) is 0 Å². The van der Waals surface area contributed by atoms with Crippen molar-refractivity contribution in [1.82, 2.24) is 5.48 Å². The molecule has 0 heterocycles. The Balaban J connectivity index is 4.41. The number of hydrogen-bond acceptors (Lipinski definition) is 6. The van der Waals surface area contributed by atoms with Crippen molar-refractivity contribution >= 4 is 28.3 Å². The highest BCUT2D eigenvalue weighted by atomic mass is 32.2. The van der Waals surface area contributed by atoms with Gasteiger partial charge in [0, 0.05) is 12.8 Å². The molecule has 0 radical (unpaired) electrons. The third-order valence-corrected chi connectivity index (χ3v) is 4.19. The highest BCUT2D eigenvalue weighted by molar-refractivity contribution is 7.86. The number of amides is 1. The number of hydrogen-bond donors (Lipinski definition) is 2. The second-order valence-corrected chi connectivity index (χ2v) is 5.98. The van der Waals surface area contributed by atoms with Gasteiger partial charge in [0.1, 0.15) is 6.29 Å². The molecular formula is C11H19NO7S. The molecule has 20 heavy (non-hydrogen) atoms. The fraction of sp³-hybridized carbons (Fsp3) is 0.727. The van der Waals surface area contributed by atoms with E-state index in [9.17, 15) is 22.8 Å². The topological polar surface area (TPSA) is 127 Å². The van der Waals surface area contributed by atoms with Gasteiger partial charge in [-0.2, -0.15) is 13.9 Å². The summed E-state index contributed by atoms with van der Waals surface area (Å²) in [5, 5.41) is -1.29. The summed E-state index contributed by atoms with van der Waals surface area (Å²) >= 11 is 0. The van der Waals surface area contributed by atoms with Crippen molar-refractivity contribution in [2.24, 2.45) is 5.92 Å². The Labute approximate surface area is 117 Å². The van der Waals surface area contributed by atoms with Crippen LogP contribution in [-0.2, 0) is 29.3 Å². The minimum absolute atomic E-state index is 0.0100. The Morgan fingerprint density at radius 3 is 2.45 bits per heavy atom. The van der Waals surface area contributed by atoms with Crippen molar-refractivity contribution in [2.75, 3.05) is 0 Å². The van der Waals surface area contributed by atoms with Crippen LogP contribution < -0.4 is 5.48 Å². The van der Waals surface area contributed by atoms with E-state index in [1.807, 2.05) is 5.48 Å². The average molecular weight is 309 g/mol. The van der Waals surface area contributed by atoms with Gasteiger partial charge in [-0.05, 0) is 5.92 Å². The average Bonchev–Trinajstić information content (AvgIpc) is 2.37. The molecule has 0 saturated carbocycles. The lowest BCUT2D eigenvalue weighted by Crippen LogP contribution is -2.34. The van der Waals surface area contributed by atoms with E-state index in [0.717, 1.165) is 0 Å². The molecule has 116 valence electrons. The smallest absolute Gasteiger partial charge is 0.333 e. The maximum Gasteiger partial charge on any atom is 0.333 e. The number of rotatable bonds is 8. The van der Waals surface area contributed by atoms with Gasteiger partial charge in [0.25, 0.3) is 16.0 Å². The van der Waals surface area contributed by atoms with Crippen molar-refractivity contribution in [3.05, 3.63) is 0 Å². The van der Waals surface area contributed by atoms with Gasteiger partial charge in [0.05, 0.1) is 11.7 Å². The van der Waals surface area contributed by atoms with Crippen LogP contribution in [0.5, 0.6) is 0 Å². The van der Waals surface area contributed by atoms with E-state index < -0.39 is 39.6 Å². The molecule has 9 heteroatoms.